The molecule has 0 bridgehead atoms. The summed E-state index contributed by atoms with van der Waals surface area (Å²) >= 11 is 12.0. The lowest BCUT2D eigenvalue weighted by atomic mass is 10.2. The van der Waals surface area contributed by atoms with E-state index in [0.717, 1.165) is 24.1 Å². The molecule has 0 spiro atoms. The second kappa shape index (κ2) is 4.56. The Hall–Kier alpha value is -1.06. The van der Waals surface area contributed by atoms with Crippen molar-refractivity contribution in [3.05, 3.63) is 46.5 Å². The maximum Gasteiger partial charge on any atom is 0.150 e. The molecule has 2 nitrogen and oxygen atoms in total. The quantitative estimate of drug-likeness (QED) is 0.769. The summed E-state index contributed by atoms with van der Waals surface area (Å²) in [6.07, 6.45) is 4.08. The number of benzene rings is 1. The molecule has 5 heteroatoms. The number of aromatic nitrogens is 2. The summed E-state index contributed by atoms with van der Waals surface area (Å²) in [5.74, 6) is 0.439. The minimum absolute atomic E-state index is 0.279. The maximum absolute atomic E-state index is 13.9. The van der Waals surface area contributed by atoms with Crippen LogP contribution >= 0.6 is 23.2 Å². The van der Waals surface area contributed by atoms with Crippen LogP contribution < -0.4 is 0 Å². The van der Waals surface area contributed by atoms with E-state index in [0.29, 0.717) is 16.8 Å². The Balaban J connectivity index is 2.16. The van der Waals surface area contributed by atoms with Gasteiger partial charge in [0, 0.05) is 0 Å². The van der Waals surface area contributed by atoms with Crippen LogP contribution in [-0.2, 0) is 5.88 Å². The number of para-hydroxylation sites is 1. The van der Waals surface area contributed by atoms with Gasteiger partial charge in [-0.05, 0) is 36.5 Å². The van der Waals surface area contributed by atoms with Gasteiger partial charge in [-0.2, -0.15) is 5.10 Å². The highest BCUT2D eigenvalue weighted by molar-refractivity contribution is 6.32. The van der Waals surface area contributed by atoms with Crippen LogP contribution in [0, 0.1) is 5.82 Å². The maximum atomic E-state index is 13.9. The highest BCUT2D eigenvalue weighted by Gasteiger charge is 2.29. The first-order valence-corrected chi connectivity index (χ1v) is 6.70. The number of hydrogen-bond donors (Lipinski definition) is 0. The van der Waals surface area contributed by atoms with Crippen molar-refractivity contribution in [2.45, 2.75) is 24.6 Å². The third kappa shape index (κ3) is 1.91. The fourth-order valence-corrected chi connectivity index (χ4v) is 2.65. The Bertz CT molecular complexity index is 570. The van der Waals surface area contributed by atoms with Crippen molar-refractivity contribution >= 4 is 23.2 Å². The van der Waals surface area contributed by atoms with Crippen LogP contribution in [0.2, 0.25) is 5.02 Å². The lowest BCUT2D eigenvalue weighted by molar-refractivity contribution is 0.608. The zero-order valence-corrected chi connectivity index (χ0v) is 11.0. The predicted octanol–water partition coefficient (Wildman–Crippen LogP) is 4.28. The van der Waals surface area contributed by atoms with Crippen LogP contribution in [0.4, 0.5) is 4.39 Å². The molecule has 1 fully saturated rings. The van der Waals surface area contributed by atoms with Crippen molar-refractivity contribution < 1.29 is 4.39 Å². The van der Waals surface area contributed by atoms with Gasteiger partial charge in [-0.25, -0.2) is 9.07 Å². The molecule has 0 radical (unpaired) electrons. The fraction of sp³-hybridized carbons (Fsp3) is 0.308. The van der Waals surface area contributed by atoms with Crippen molar-refractivity contribution in [2.75, 3.05) is 0 Å². The third-order valence-electron chi connectivity index (χ3n) is 3.19. The van der Waals surface area contributed by atoms with Crippen LogP contribution in [0.1, 0.15) is 30.0 Å². The molecule has 1 heterocycles. The molecule has 0 atom stereocenters. The van der Waals surface area contributed by atoms with Crippen molar-refractivity contribution in [1.29, 1.82) is 0 Å². The molecule has 0 N–H and O–H groups in total. The summed E-state index contributed by atoms with van der Waals surface area (Å²) in [7, 11) is 0. The van der Waals surface area contributed by atoms with Crippen LogP contribution in [0.25, 0.3) is 5.69 Å². The van der Waals surface area contributed by atoms with Crippen molar-refractivity contribution in [2.24, 2.45) is 0 Å². The fourth-order valence-electron chi connectivity index (χ4n) is 2.14. The summed E-state index contributed by atoms with van der Waals surface area (Å²) in [6.45, 7) is 0. The van der Waals surface area contributed by atoms with E-state index in [1.165, 1.54) is 10.7 Å². The summed E-state index contributed by atoms with van der Waals surface area (Å²) in [6, 6.07) is 4.60. The topological polar surface area (TPSA) is 17.8 Å². The van der Waals surface area contributed by atoms with Gasteiger partial charge in [0.25, 0.3) is 0 Å². The second-order valence-corrected chi connectivity index (χ2v) is 5.11. The van der Waals surface area contributed by atoms with Crippen LogP contribution in [0.3, 0.4) is 0 Å². The van der Waals surface area contributed by atoms with Gasteiger partial charge in [-0.15, -0.1) is 11.6 Å². The van der Waals surface area contributed by atoms with E-state index < -0.39 is 0 Å². The molecule has 1 aliphatic rings. The van der Waals surface area contributed by atoms with Crippen molar-refractivity contribution in [1.82, 2.24) is 9.78 Å². The van der Waals surface area contributed by atoms with Gasteiger partial charge in [0.2, 0.25) is 0 Å². The van der Waals surface area contributed by atoms with E-state index in [1.807, 2.05) is 0 Å². The zero-order valence-electron chi connectivity index (χ0n) is 9.54. The summed E-state index contributed by atoms with van der Waals surface area (Å²) in [5, 5.41) is 4.59. The van der Waals surface area contributed by atoms with Gasteiger partial charge in [0.15, 0.2) is 0 Å². The monoisotopic (exact) mass is 284 g/mol. The average molecular weight is 285 g/mol. The molecule has 3 rings (SSSR count). The Labute approximate surface area is 114 Å². The number of rotatable bonds is 3. The molecule has 18 heavy (non-hydrogen) atoms. The van der Waals surface area contributed by atoms with E-state index in [-0.39, 0.29) is 11.5 Å². The molecule has 1 aromatic heterocycles. The molecular formula is C13H11Cl2FN2. The molecule has 0 amide bonds. The SMILES string of the molecule is Fc1cccc(Cl)c1-n1ncc(C2CC2)c1CCl. The van der Waals surface area contributed by atoms with Crippen LogP contribution in [-0.4, -0.2) is 9.78 Å². The van der Waals surface area contributed by atoms with E-state index >= 15 is 0 Å². The zero-order chi connectivity index (χ0) is 12.7. The molecular weight excluding hydrogens is 274 g/mol. The van der Waals surface area contributed by atoms with Crippen molar-refractivity contribution in [3.63, 3.8) is 0 Å². The van der Waals surface area contributed by atoms with Gasteiger partial charge in [0.05, 0.1) is 22.8 Å². The smallest absolute Gasteiger partial charge is 0.150 e. The summed E-state index contributed by atoms with van der Waals surface area (Å²) in [4.78, 5) is 0. The standard InChI is InChI=1S/C13H11Cl2FN2/c14-6-12-9(8-4-5-8)7-17-18(12)13-10(15)2-1-3-11(13)16/h1-3,7-8H,4-6H2. The van der Waals surface area contributed by atoms with Gasteiger partial charge in [-0.3, -0.25) is 0 Å². The summed E-state index contributed by atoms with van der Waals surface area (Å²) < 4.78 is 15.4. The van der Waals surface area contributed by atoms with Crippen LogP contribution in [0.15, 0.2) is 24.4 Å². The first kappa shape index (κ1) is 12.0. The predicted molar refractivity (Wildman–Crippen MR) is 70.1 cm³/mol. The van der Waals surface area contributed by atoms with E-state index in [4.69, 9.17) is 23.2 Å². The number of nitrogens with zero attached hydrogens (tertiary/aromatic N) is 2. The molecule has 1 aliphatic carbocycles. The van der Waals surface area contributed by atoms with Gasteiger partial charge in [-0.1, -0.05) is 17.7 Å². The summed E-state index contributed by atoms with van der Waals surface area (Å²) in [5.41, 5.74) is 2.23. The first-order valence-electron chi connectivity index (χ1n) is 5.79. The molecule has 1 saturated carbocycles. The van der Waals surface area contributed by atoms with E-state index in [2.05, 4.69) is 5.10 Å². The normalized spacial score (nSPS) is 15.1. The van der Waals surface area contributed by atoms with E-state index in [1.54, 1.807) is 18.3 Å². The minimum Gasteiger partial charge on any atom is -0.232 e. The molecule has 1 aromatic carbocycles. The average Bonchev–Trinajstić information content (AvgIpc) is 3.10. The minimum atomic E-state index is -0.390. The number of alkyl halides is 1. The Morgan fingerprint density at radius 1 is 1.39 bits per heavy atom. The molecule has 0 unspecified atom stereocenters. The largest absolute Gasteiger partial charge is 0.232 e. The molecule has 2 aromatic rings. The second-order valence-electron chi connectivity index (χ2n) is 4.44. The van der Waals surface area contributed by atoms with Gasteiger partial charge in [0.1, 0.15) is 11.5 Å². The lowest BCUT2D eigenvalue weighted by Gasteiger charge is -2.09. The first-order chi connectivity index (χ1) is 8.72. The highest BCUT2D eigenvalue weighted by Crippen LogP contribution is 2.42. The molecule has 0 saturated heterocycles. The Morgan fingerprint density at radius 2 is 2.17 bits per heavy atom. The van der Waals surface area contributed by atoms with Crippen LogP contribution in [0.5, 0.6) is 0 Å². The van der Waals surface area contributed by atoms with Gasteiger partial charge >= 0.3 is 0 Å². The number of halogens is 3. The number of hydrogen-bond acceptors (Lipinski definition) is 1. The molecule has 0 aliphatic heterocycles. The van der Waals surface area contributed by atoms with Crippen molar-refractivity contribution in [3.8, 4) is 5.69 Å². The van der Waals surface area contributed by atoms with E-state index in [9.17, 15) is 4.39 Å². The third-order valence-corrected chi connectivity index (χ3v) is 3.75. The Morgan fingerprint density at radius 3 is 2.78 bits per heavy atom. The highest BCUT2D eigenvalue weighted by atomic mass is 35.5. The Kier molecular flexibility index (Phi) is 3.04. The molecule has 94 valence electrons. The van der Waals surface area contributed by atoms with Gasteiger partial charge < -0.3 is 0 Å². The lowest BCUT2D eigenvalue weighted by Crippen LogP contribution is -2.05.